The Kier molecular flexibility index (Phi) is 11.2. The average molecular weight is 506 g/mol. The van der Waals surface area contributed by atoms with Gasteiger partial charge in [0.15, 0.2) is 17.5 Å². The molecule has 0 atom stereocenters. The van der Waals surface area contributed by atoms with Gasteiger partial charge < -0.3 is 20.1 Å². The van der Waals surface area contributed by atoms with Crippen molar-refractivity contribution in [1.29, 1.82) is 0 Å². The van der Waals surface area contributed by atoms with Gasteiger partial charge in [-0.25, -0.2) is 13.8 Å². The van der Waals surface area contributed by atoms with Crippen molar-refractivity contribution in [1.82, 2.24) is 15.6 Å². The van der Waals surface area contributed by atoms with Crippen molar-refractivity contribution >= 4 is 29.9 Å². The summed E-state index contributed by atoms with van der Waals surface area (Å²) in [4.78, 5) is 8.34. The number of guanidine groups is 1. The molecule has 0 unspecified atom stereocenters. The number of aromatic nitrogens is 1. The van der Waals surface area contributed by atoms with Crippen LogP contribution in [0.25, 0.3) is 0 Å². The second kappa shape index (κ2) is 13.1. The van der Waals surface area contributed by atoms with Gasteiger partial charge in [-0.05, 0) is 24.1 Å². The maximum Gasteiger partial charge on any atom is 0.213 e. The minimum absolute atomic E-state index is 0. The fourth-order valence-electron chi connectivity index (χ4n) is 2.14. The molecule has 0 spiro atoms. The predicted molar refractivity (Wildman–Crippen MR) is 115 cm³/mol. The number of nitrogens with zero attached hydrogens (tertiary/aromatic N) is 2. The molecule has 1 aromatic heterocycles. The Hall–Kier alpha value is -2.17. The number of benzene rings is 1. The molecule has 0 amide bonds. The Morgan fingerprint density at radius 2 is 1.93 bits per heavy atom. The molecule has 0 bridgehead atoms. The van der Waals surface area contributed by atoms with E-state index in [4.69, 9.17) is 9.47 Å². The first kappa shape index (κ1) is 23.9. The van der Waals surface area contributed by atoms with E-state index < -0.39 is 11.6 Å². The molecule has 0 saturated heterocycles. The number of ether oxygens (including phenoxy) is 2. The number of halogens is 3. The Morgan fingerprint density at radius 1 is 1.11 bits per heavy atom. The highest BCUT2D eigenvalue weighted by molar-refractivity contribution is 14.0. The zero-order valence-electron chi connectivity index (χ0n) is 15.9. The molecular formula is C19H25F2IN4O2. The predicted octanol–water partition coefficient (Wildman–Crippen LogP) is 3.51. The summed E-state index contributed by atoms with van der Waals surface area (Å²) in [5.41, 5.74) is 0.978. The highest BCUT2D eigenvalue weighted by atomic mass is 127. The standard InChI is InChI=1S/C19H24F2N4O2.HI/c1-3-9-27-18-7-4-14(12-24-18)13-25-19(22-2)23-8-10-26-17-6-5-15(20)11-16(17)21;/h4-7,11-12H,3,8-10,13H2,1-2H3,(H2,22,23,25);1H. The lowest BCUT2D eigenvalue weighted by Gasteiger charge is -2.13. The third kappa shape index (κ3) is 8.24. The lowest BCUT2D eigenvalue weighted by Crippen LogP contribution is -2.38. The molecule has 0 aliphatic heterocycles. The summed E-state index contributed by atoms with van der Waals surface area (Å²) >= 11 is 0. The summed E-state index contributed by atoms with van der Waals surface area (Å²) in [6.07, 6.45) is 2.68. The normalized spacial score (nSPS) is 10.8. The molecule has 0 radical (unpaired) electrons. The van der Waals surface area contributed by atoms with Gasteiger partial charge in [0, 0.05) is 31.9 Å². The molecule has 1 heterocycles. The number of hydrogen-bond acceptors (Lipinski definition) is 4. The van der Waals surface area contributed by atoms with Crippen LogP contribution in [0.2, 0.25) is 0 Å². The first-order chi connectivity index (χ1) is 13.1. The first-order valence-corrected chi connectivity index (χ1v) is 8.72. The van der Waals surface area contributed by atoms with E-state index in [1.54, 1.807) is 13.2 Å². The van der Waals surface area contributed by atoms with Crippen molar-refractivity contribution in [3.8, 4) is 11.6 Å². The van der Waals surface area contributed by atoms with Crippen LogP contribution in [0.4, 0.5) is 8.78 Å². The zero-order chi connectivity index (χ0) is 19.5. The van der Waals surface area contributed by atoms with Crippen molar-refractivity contribution < 1.29 is 18.3 Å². The van der Waals surface area contributed by atoms with Gasteiger partial charge in [-0.2, -0.15) is 0 Å². The van der Waals surface area contributed by atoms with Crippen molar-refractivity contribution in [3.05, 3.63) is 53.7 Å². The van der Waals surface area contributed by atoms with Crippen LogP contribution in [0.1, 0.15) is 18.9 Å². The number of aliphatic imine (C=N–C) groups is 1. The van der Waals surface area contributed by atoms with Crippen molar-refractivity contribution in [2.75, 3.05) is 26.8 Å². The van der Waals surface area contributed by atoms with Crippen LogP contribution in [0.3, 0.4) is 0 Å². The van der Waals surface area contributed by atoms with Crippen LogP contribution in [0, 0.1) is 11.6 Å². The van der Waals surface area contributed by atoms with Crippen LogP contribution in [0.5, 0.6) is 11.6 Å². The lowest BCUT2D eigenvalue weighted by atomic mass is 10.3. The molecule has 2 rings (SSSR count). The van der Waals surface area contributed by atoms with Crippen LogP contribution in [-0.2, 0) is 6.54 Å². The third-order valence-corrected chi connectivity index (χ3v) is 3.48. The van der Waals surface area contributed by atoms with Crippen molar-refractivity contribution in [2.45, 2.75) is 19.9 Å². The second-order valence-corrected chi connectivity index (χ2v) is 5.63. The summed E-state index contributed by atoms with van der Waals surface area (Å²) in [5, 5.41) is 6.20. The summed E-state index contributed by atoms with van der Waals surface area (Å²) in [5.74, 6) is -0.172. The number of nitrogens with one attached hydrogen (secondary N) is 2. The van der Waals surface area contributed by atoms with Gasteiger partial charge in [-0.15, -0.1) is 24.0 Å². The van der Waals surface area contributed by atoms with Gasteiger partial charge in [-0.1, -0.05) is 13.0 Å². The van der Waals surface area contributed by atoms with E-state index in [9.17, 15) is 8.78 Å². The first-order valence-electron chi connectivity index (χ1n) is 8.72. The maximum absolute atomic E-state index is 13.5. The molecule has 0 saturated carbocycles. The third-order valence-electron chi connectivity index (χ3n) is 3.48. The minimum Gasteiger partial charge on any atom is -0.489 e. The Balaban J connectivity index is 0.00000392. The molecule has 2 N–H and O–H groups in total. The van der Waals surface area contributed by atoms with E-state index >= 15 is 0 Å². The monoisotopic (exact) mass is 506 g/mol. The topological polar surface area (TPSA) is 67.8 Å². The maximum atomic E-state index is 13.5. The van der Waals surface area contributed by atoms with Gasteiger partial charge in [0.25, 0.3) is 0 Å². The van der Waals surface area contributed by atoms with Crippen molar-refractivity contribution in [2.24, 2.45) is 4.99 Å². The van der Waals surface area contributed by atoms with Gasteiger partial charge in [0.1, 0.15) is 12.4 Å². The highest BCUT2D eigenvalue weighted by Gasteiger charge is 2.05. The average Bonchev–Trinajstić information content (AvgIpc) is 2.68. The Labute approximate surface area is 180 Å². The summed E-state index contributed by atoms with van der Waals surface area (Å²) in [6, 6.07) is 6.96. The van der Waals surface area contributed by atoms with E-state index in [0.29, 0.717) is 31.5 Å². The molecule has 2 aromatic rings. The number of hydrogen-bond donors (Lipinski definition) is 2. The molecule has 1 aromatic carbocycles. The fourth-order valence-corrected chi connectivity index (χ4v) is 2.14. The zero-order valence-corrected chi connectivity index (χ0v) is 18.2. The number of pyridine rings is 1. The van der Waals surface area contributed by atoms with Crippen molar-refractivity contribution in [3.63, 3.8) is 0 Å². The fraction of sp³-hybridized carbons (Fsp3) is 0.368. The van der Waals surface area contributed by atoms with Crippen LogP contribution < -0.4 is 20.1 Å². The van der Waals surface area contributed by atoms with Crippen LogP contribution >= 0.6 is 24.0 Å². The molecular weight excluding hydrogens is 481 g/mol. The summed E-state index contributed by atoms with van der Waals surface area (Å²) in [6.45, 7) is 3.82. The second-order valence-electron chi connectivity index (χ2n) is 5.63. The molecule has 6 nitrogen and oxygen atoms in total. The summed E-state index contributed by atoms with van der Waals surface area (Å²) < 4.78 is 37.0. The van der Waals surface area contributed by atoms with Gasteiger partial charge in [0.2, 0.25) is 5.88 Å². The highest BCUT2D eigenvalue weighted by Crippen LogP contribution is 2.17. The van der Waals surface area contributed by atoms with E-state index in [2.05, 4.69) is 20.6 Å². The van der Waals surface area contributed by atoms with E-state index in [-0.39, 0.29) is 36.3 Å². The molecule has 0 fully saturated rings. The van der Waals surface area contributed by atoms with Crippen LogP contribution in [-0.4, -0.2) is 37.7 Å². The molecule has 154 valence electrons. The van der Waals surface area contributed by atoms with E-state index in [1.165, 1.54) is 6.07 Å². The van der Waals surface area contributed by atoms with Gasteiger partial charge >= 0.3 is 0 Å². The Morgan fingerprint density at radius 3 is 2.57 bits per heavy atom. The van der Waals surface area contributed by atoms with Gasteiger partial charge in [-0.3, -0.25) is 4.99 Å². The molecule has 0 aliphatic rings. The van der Waals surface area contributed by atoms with Crippen LogP contribution in [0.15, 0.2) is 41.5 Å². The van der Waals surface area contributed by atoms with Gasteiger partial charge in [0.05, 0.1) is 13.2 Å². The SMILES string of the molecule is CCCOc1ccc(CNC(=NC)NCCOc2ccc(F)cc2F)cn1.I. The summed E-state index contributed by atoms with van der Waals surface area (Å²) in [7, 11) is 1.65. The molecule has 9 heteroatoms. The number of rotatable bonds is 9. The lowest BCUT2D eigenvalue weighted by molar-refractivity contribution is 0.304. The molecule has 28 heavy (non-hydrogen) atoms. The minimum atomic E-state index is -0.726. The van der Waals surface area contributed by atoms with E-state index in [1.807, 2.05) is 19.1 Å². The largest absolute Gasteiger partial charge is 0.489 e. The quantitative estimate of drug-likeness (QED) is 0.236. The van der Waals surface area contributed by atoms with E-state index in [0.717, 1.165) is 24.1 Å². The smallest absolute Gasteiger partial charge is 0.213 e. The Bertz CT molecular complexity index is 745. The molecule has 0 aliphatic carbocycles.